The van der Waals surface area contributed by atoms with Gasteiger partial charge in [0.2, 0.25) is 5.91 Å². The molecule has 0 aromatic heterocycles. The molecule has 0 spiro atoms. The summed E-state index contributed by atoms with van der Waals surface area (Å²) in [5.41, 5.74) is 4.32. The number of rotatable bonds is 4. The number of amides is 3. The van der Waals surface area contributed by atoms with Crippen LogP contribution in [0, 0.1) is 20.8 Å². The summed E-state index contributed by atoms with van der Waals surface area (Å²) >= 11 is 0. The molecule has 0 unspecified atom stereocenters. The van der Waals surface area contributed by atoms with Gasteiger partial charge in [-0.2, -0.15) is 0 Å². The fourth-order valence-corrected chi connectivity index (χ4v) is 2.18. The van der Waals surface area contributed by atoms with E-state index in [0.29, 0.717) is 11.4 Å². The summed E-state index contributed by atoms with van der Waals surface area (Å²) in [5, 5.41) is 7.46. The SMILES string of the molecule is Cc1cccc(NC(=O)C(=O)NCC(=O)Nc2ccc(C)c(C)c2)c1. The van der Waals surface area contributed by atoms with Crippen molar-refractivity contribution in [3.63, 3.8) is 0 Å². The Bertz CT molecular complexity index is 815. The van der Waals surface area contributed by atoms with Crippen LogP contribution in [0.1, 0.15) is 16.7 Å². The lowest BCUT2D eigenvalue weighted by Gasteiger charge is -2.09. The highest BCUT2D eigenvalue weighted by Gasteiger charge is 2.15. The largest absolute Gasteiger partial charge is 0.339 e. The Kier molecular flexibility index (Phi) is 5.89. The van der Waals surface area contributed by atoms with Crippen LogP contribution in [0.2, 0.25) is 0 Å². The molecular weight excluding hydrogens is 318 g/mol. The Labute approximate surface area is 146 Å². The van der Waals surface area contributed by atoms with Crippen LogP contribution in [-0.2, 0) is 14.4 Å². The minimum Gasteiger partial charge on any atom is -0.339 e. The first-order valence-electron chi connectivity index (χ1n) is 7.88. The van der Waals surface area contributed by atoms with Crippen LogP contribution in [0.15, 0.2) is 42.5 Å². The van der Waals surface area contributed by atoms with Crippen LogP contribution >= 0.6 is 0 Å². The van der Waals surface area contributed by atoms with Crippen molar-refractivity contribution < 1.29 is 14.4 Å². The van der Waals surface area contributed by atoms with E-state index in [4.69, 9.17) is 0 Å². The number of carbonyl (C=O) groups excluding carboxylic acids is 3. The van der Waals surface area contributed by atoms with Crippen LogP contribution < -0.4 is 16.0 Å². The molecule has 130 valence electrons. The summed E-state index contributed by atoms with van der Waals surface area (Å²) in [6, 6.07) is 12.6. The number of nitrogens with one attached hydrogen (secondary N) is 3. The summed E-state index contributed by atoms with van der Waals surface area (Å²) in [7, 11) is 0. The lowest BCUT2D eigenvalue weighted by atomic mass is 10.1. The van der Waals surface area contributed by atoms with E-state index in [1.54, 1.807) is 24.3 Å². The number of carbonyl (C=O) groups is 3. The third kappa shape index (κ3) is 5.46. The van der Waals surface area contributed by atoms with Crippen LogP contribution in [0.4, 0.5) is 11.4 Å². The Hall–Kier alpha value is -3.15. The Morgan fingerprint density at radius 3 is 2.20 bits per heavy atom. The lowest BCUT2D eigenvalue weighted by Crippen LogP contribution is -2.39. The molecule has 6 heteroatoms. The van der Waals surface area contributed by atoms with Crippen LogP contribution in [0.5, 0.6) is 0 Å². The van der Waals surface area contributed by atoms with E-state index in [1.165, 1.54) is 0 Å². The van der Waals surface area contributed by atoms with Crippen molar-refractivity contribution in [2.24, 2.45) is 0 Å². The predicted molar refractivity (Wildman–Crippen MR) is 97.4 cm³/mol. The van der Waals surface area contributed by atoms with Crippen molar-refractivity contribution in [3.05, 3.63) is 59.2 Å². The predicted octanol–water partition coefficient (Wildman–Crippen LogP) is 2.31. The monoisotopic (exact) mass is 339 g/mol. The third-order valence-electron chi connectivity index (χ3n) is 3.68. The van der Waals surface area contributed by atoms with Gasteiger partial charge in [-0.05, 0) is 61.7 Å². The van der Waals surface area contributed by atoms with Crippen molar-refractivity contribution in [2.45, 2.75) is 20.8 Å². The molecule has 3 N–H and O–H groups in total. The van der Waals surface area contributed by atoms with Gasteiger partial charge in [0.05, 0.1) is 6.54 Å². The summed E-state index contributed by atoms with van der Waals surface area (Å²) in [6.07, 6.45) is 0. The summed E-state index contributed by atoms with van der Waals surface area (Å²) in [5.74, 6) is -2.08. The molecule has 2 aromatic carbocycles. The fraction of sp³-hybridized carbons (Fsp3) is 0.211. The number of hydrogen-bond donors (Lipinski definition) is 3. The highest BCUT2D eigenvalue weighted by Crippen LogP contribution is 2.13. The summed E-state index contributed by atoms with van der Waals surface area (Å²) < 4.78 is 0. The minimum atomic E-state index is -0.864. The molecule has 0 fully saturated rings. The van der Waals surface area contributed by atoms with Gasteiger partial charge in [-0.25, -0.2) is 0 Å². The molecular formula is C19H21N3O3. The molecule has 0 atom stereocenters. The standard InChI is InChI=1S/C19H21N3O3/c1-12-5-4-6-15(9-12)22-19(25)18(24)20-11-17(23)21-16-8-7-13(2)14(3)10-16/h4-10H,11H2,1-3H3,(H,20,24)(H,21,23)(H,22,25). The van der Waals surface area contributed by atoms with Crippen LogP contribution in [0.25, 0.3) is 0 Å². The van der Waals surface area contributed by atoms with E-state index in [0.717, 1.165) is 16.7 Å². The first-order chi connectivity index (χ1) is 11.8. The molecule has 2 rings (SSSR count). The molecule has 2 aromatic rings. The molecule has 0 aliphatic rings. The average Bonchev–Trinajstić information content (AvgIpc) is 2.56. The van der Waals surface area contributed by atoms with Gasteiger partial charge < -0.3 is 16.0 Å². The fourth-order valence-electron chi connectivity index (χ4n) is 2.18. The second kappa shape index (κ2) is 8.10. The highest BCUT2D eigenvalue weighted by atomic mass is 16.2. The van der Waals surface area contributed by atoms with Crippen molar-refractivity contribution in [1.82, 2.24) is 5.32 Å². The molecule has 0 radical (unpaired) electrons. The van der Waals surface area contributed by atoms with E-state index in [9.17, 15) is 14.4 Å². The van der Waals surface area contributed by atoms with Gasteiger partial charge in [-0.15, -0.1) is 0 Å². The summed E-state index contributed by atoms with van der Waals surface area (Å²) in [4.78, 5) is 35.5. The minimum absolute atomic E-state index is 0.285. The highest BCUT2D eigenvalue weighted by molar-refractivity contribution is 6.39. The lowest BCUT2D eigenvalue weighted by molar-refractivity contribution is -0.136. The average molecular weight is 339 g/mol. The zero-order chi connectivity index (χ0) is 18.4. The normalized spacial score (nSPS) is 10.0. The maximum Gasteiger partial charge on any atom is 0.313 e. The zero-order valence-electron chi connectivity index (χ0n) is 14.5. The van der Waals surface area contributed by atoms with E-state index in [2.05, 4.69) is 16.0 Å². The molecule has 6 nitrogen and oxygen atoms in total. The number of aryl methyl sites for hydroxylation is 3. The van der Waals surface area contributed by atoms with Gasteiger partial charge >= 0.3 is 11.8 Å². The maximum absolute atomic E-state index is 11.9. The summed E-state index contributed by atoms with van der Waals surface area (Å²) in [6.45, 7) is 5.52. The van der Waals surface area contributed by atoms with Crippen LogP contribution in [0.3, 0.4) is 0 Å². The van der Waals surface area contributed by atoms with Crippen molar-refractivity contribution in [2.75, 3.05) is 17.2 Å². The number of hydrogen-bond acceptors (Lipinski definition) is 3. The Balaban J connectivity index is 1.83. The first kappa shape index (κ1) is 18.2. The van der Waals surface area contributed by atoms with E-state index in [-0.39, 0.29) is 6.54 Å². The van der Waals surface area contributed by atoms with Gasteiger partial charge in [0, 0.05) is 11.4 Å². The number of anilines is 2. The van der Waals surface area contributed by atoms with E-state index < -0.39 is 17.7 Å². The molecule has 0 bridgehead atoms. The molecule has 0 saturated carbocycles. The smallest absolute Gasteiger partial charge is 0.313 e. The Morgan fingerprint density at radius 2 is 1.52 bits per heavy atom. The second-order valence-corrected chi connectivity index (χ2v) is 5.85. The topological polar surface area (TPSA) is 87.3 Å². The zero-order valence-corrected chi connectivity index (χ0v) is 14.5. The van der Waals surface area contributed by atoms with Gasteiger partial charge in [-0.1, -0.05) is 18.2 Å². The molecule has 25 heavy (non-hydrogen) atoms. The number of benzene rings is 2. The molecule has 0 aliphatic carbocycles. The molecule has 0 saturated heterocycles. The Morgan fingerprint density at radius 1 is 0.800 bits per heavy atom. The quantitative estimate of drug-likeness (QED) is 0.747. The van der Waals surface area contributed by atoms with Gasteiger partial charge in [0.1, 0.15) is 0 Å². The molecule has 0 heterocycles. The molecule has 0 aliphatic heterocycles. The van der Waals surface area contributed by atoms with Crippen molar-refractivity contribution >= 4 is 29.1 Å². The van der Waals surface area contributed by atoms with Crippen molar-refractivity contribution in [3.8, 4) is 0 Å². The van der Waals surface area contributed by atoms with Crippen molar-refractivity contribution in [1.29, 1.82) is 0 Å². The second-order valence-electron chi connectivity index (χ2n) is 5.85. The third-order valence-corrected chi connectivity index (χ3v) is 3.68. The first-order valence-corrected chi connectivity index (χ1v) is 7.88. The van der Waals surface area contributed by atoms with Gasteiger partial charge in [-0.3, -0.25) is 14.4 Å². The van der Waals surface area contributed by atoms with E-state index >= 15 is 0 Å². The van der Waals surface area contributed by atoms with Crippen LogP contribution in [-0.4, -0.2) is 24.3 Å². The molecule has 3 amide bonds. The van der Waals surface area contributed by atoms with Gasteiger partial charge in [0.15, 0.2) is 0 Å². The maximum atomic E-state index is 11.9. The van der Waals surface area contributed by atoms with E-state index in [1.807, 2.05) is 39.0 Å². The van der Waals surface area contributed by atoms with Gasteiger partial charge in [0.25, 0.3) is 0 Å².